The molecule has 10 nitrogen and oxygen atoms in total. The Morgan fingerprint density at radius 3 is 2.59 bits per heavy atom. The van der Waals surface area contributed by atoms with E-state index in [9.17, 15) is 9.59 Å². The zero-order chi connectivity index (χ0) is 22.5. The summed E-state index contributed by atoms with van der Waals surface area (Å²) in [5.41, 5.74) is 0.971. The molecule has 0 unspecified atom stereocenters. The number of carbonyl (C=O) groups excluding carboxylic acids is 2. The van der Waals surface area contributed by atoms with Crippen molar-refractivity contribution >= 4 is 29.1 Å². The minimum Gasteiger partial charge on any atom is -0.471 e. The Kier molecular flexibility index (Phi) is 6.72. The van der Waals surface area contributed by atoms with Crippen LogP contribution in [0.5, 0.6) is 5.75 Å². The average molecular weight is 459 g/mol. The maximum atomic E-state index is 13.1. The molecule has 11 heteroatoms. The van der Waals surface area contributed by atoms with E-state index in [1.807, 2.05) is 6.92 Å². The molecular weight excluding hydrogens is 436 g/mol. The van der Waals surface area contributed by atoms with Gasteiger partial charge < -0.3 is 19.7 Å². The molecule has 0 bridgehead atoms. The summed E-state index contributed by atoms with van der Waals surface area (Å²) < 4.78 is 14.0. The number of hydrogen-bond donors (Lipinski definition) is 1. The van der Waals surface area contributed by atoms with Crippen LogP contribution in [-0.2, 0) is 18.0 Å². The van der Waals surface area contributed by atoms with E-state index in [1.165, 1.54) is 17.1 Å². The van der Waals surface area contributed by atoms with Crippen molar-refractivity contribution in [1.29, 1.82) is 0 Å². The highest BCUT2D eigenvalue weighted by atomic mass is 35.5. The fraction of sp³-hybridized carbons (Fsp3) is 0.333. The van der Waals surface area contributed by atoms with Crippen LogP contribution >= 0.6 is 11.6 Å². The molecule has 1 saturated heterocycles. The molecule has 1 N–H and O–H groups in total. The van der Waals surface area contributed by atoms with Gasteiger partial charge in [0, 0.05) is 30.9 Å². The molecule has 2 aromatic heterocycles. The van der Waals surface area contributed by atoms with Gasteiger partial charge in [0.1, 0.15) is 17.1 Å². The topological polar surface area (TPSA) is 104 Å². The van der Waals surface area contributed by atoms with Crippen LogP contribution < -0.4 is 10.1 Å². The van der Waals surface area contributed by atoms with Crippen molar-refractivity contribution in [2.45, 2.75) is 20.2 Å². The summed E-state index contributed by atoms with van der Waals surface area (Å²) in [6, 6.07) is 8.47. The SMILES string of the molecule is CCn1ncc(NC(=O)c2ccnn2COc2ccc(Cl)cc2)c1C(=O)N1CCOCC1. The predicted octanol–water partition coefficient (Wildman–Crippen LogP) is 2.51. The minimum absolute atomic E-state index is 0.0329. The molecule has 0 radical (unpaired) electrons. The second-order valence-electron chi connectivity index (χ2n) is 7.02. The number of ether oxygens (including phenoxy) is 2. The number of aromatic nitrogens is 4. The van der Waals surface area contributed by atoms with Crippen molar-refractivity contribution in [1.82, 2.24) is 24.5 Å². The molecule has 3 heterocycles. The Morgan fingerprint density at radius 1 is 1.12 bits per heavy atom. The van der Waals surface area contributed by atoms with Crippen LogP contribution in [0.4, 0.5) is 5.69 Å². The Morgan fingerprint density at radius 2 is 1.88 bits per heavy atom. The molecule has 1 aliphatic rings. The molecule has 32 heavy (non-hydrogen) atoms. The van der Waals surface area contributed by atoms with E-state index in [1.54, 1.807) is 39.9 Å². The fourth-order valence-corrected chi connectivity index (χ4v) is 3.47. The zero-order valence-electron chi connectivity index (χ0n) is 17.5. The molecule has 0 aliphatic carbocycles. The quantitative estimate of drug-likeness (QED) is 0.583. The largest absolute Gasteiger partial charge is 0.471 e. The first kappa shape index (κ1) is 21.8. The maximum Gasteiger partial charge on any atom is 0.274 e. The van der Waals surface area contributed by atoms with Crippen molar-refractivity contribution in [3.8, 4) is 5.75 Å². The molecule has 1 aliphatic heterocycles. The molecule has 1 aromatic carbocycles. The number of carbonyl (C=O) groups is 2. The first-order valence-corrected chi connectivity index (χ1v) is 10.6. The van der Waals surface area contributed by atoms with E-state index in [2.05, 4.69) is 15.5 Å². The molecule has 0 spiro atoms. The summed E-state index contributed by atoms with van der Waals surface area (Å²) in [7, 11) is 0. The van der Waals surface area contributed by atoms with Gasteiger partial charge in [-0.1, -0.05) is 11.6 Å². The van der Waals surface area contributed by atoms with E-state index >= 15 is 0 Å². The highest BCUT2D eigenvalue weighted by Gasteiger charge is 2.26. The van der Waals surface area contributed by atoms with Gasteiger partial charge >= 0.3 is 0 Å². The Labute approximate surface area is 189 Å². The first-order chi connectivity index (χ1) is 15.6. The van der Waals surface area contributed by atoms with Gasteiger partial charge in [0.25, 0.3) is 11.8 Å². The van der Waals surface area contributed by atoms with E-state index in [0.29, 0.717) is 55.0 Å². The number of hydrogen-bond acceptors (Lipinski definition) is 6. The zero-order valence-corrected chi connectivity index (χ0v) is 18.3. The van der Waals surface area contributed by atoms with Gasteiger partial charge in [0.05, 0.1) is 25.1 Å². The van der Waals surface area contributed by atoms with Crippen LogP contribution in [0.2, 0.25) is 5.02 Å². The molecule has 0 saturated carbocycles. The Bertz CT molecular complexity index is 1090. The van der Waals surface area contributed by atoms with Gasteiger partial charge in [-0.05, 0) is 37.3 Å². The van der Waals surface area contributed by atoms with Gasteiger partial charge in [-0.25, -0.2) is 4.68 Å². The van der Waals surface area contributed by atoms with Crippen molar-refractivity contribution in [3.63, 3.8) is 0 Å². The number of anilines is 1. The predicted molar refractivity (Wildman–Crippen MR) is 117 cm³/mol. The number of benzene rings is 1. The van der Waals surface area contributed by atoms with Crippen molar-refractivity contribution < 1.29 is 19.1 Å². The van der Waals surface area contributed by atoms with Crippen molar-refractivity contribution in [3.05, 3.63) is 59.1 Å². The maximum absolute atomic E-state index is 13.1. The molecule has 4 rings (SSSR count). The summed E-state index contributed by atoms with van der Waals surface area (Å²) in [5.74, 6) is -0.0182. The number of aryl methyl sites for hydroxylation is 1. The highest BCUT2D eigenvalue weighted by molar-refractivity contribution is 6.30. The lowest BCUT2D eigenvalue weighted by molar-refractivity contribution is 0.0295. The van der Waals surface area contributed by atoms with Crippen LogP contribution in [0, 0.1) is 0 Å². The number of rotatable bonds is 7. The molecule has 1 fully saturated rings. The van der Waals surface area contributed by atoms with Crippen LogP contribution in [0.15, 0.2) is 42.7 Å². The van der Waals surface area contributed by atoms with E-state index in [-0.39, 0.29) is 18.3 Å². The monoisotopic (exact) mass is 458 g/mol. The highest BCUT2D eigenvalue weighted by Crippen LogP contribution is 2.20. The standard InChI is InChI=1S/C21H23ClN6O4/c1-2-27-19(21(30)26-9-11-31-12-10-26)17(13-24-27)25-20(29)18-7-8-23-28(18)14-32-16-5-3-15(22)4-6-16/h3-8,13H,2,9-12,14H2,1H3,(H,25,29). The number of nitrogens with zero attached hydrogens (tertiary/aromatic N) is 5. The lowest BCUT2D eigenvalue weighted by Crippen LogP contribution is -2.41. The van der Waals surface area contributed by atoms with Gasteiger partial charge in [0.15, 0.2) is 6.73 Å². The van der Waals surface area contributed by atoms with Gasteiger partial charge in [-0.2, -0.15) is 10.2 Å². The van der Waals surface area contributed by atoms with Gasteiger partial charge in [-0.15, -0.1) is 0 Å². The molecule has 168 valence electrons. The Balaban J connectivity index is 1.49. The van der Waals surface area contributed by atoms with Gasteiger partial charge in [-0.3, -0.25) is 14.3 Å². The van der Waals surface area contributed by atoms with Crippen LogP contribution in [0.25, 0.3) is 0 Å². The third-order valence-corrected chi connectivity index (χ3v) is 5.26. The van der Waals surface area contributed by atoms with Crippen LogP contribution in [-0.4, -0.2) is 62.6 Å². The summed E-state index contributed by atoms with van der Waals surface area (Å²) >= 11 is 5.89. The third-order valence-electron chi connectivity index (χ3n) is 5.00. The summed E-state index contributed by atoms with van der Waals surface area (Å²) in [6.07, 6.45) is 3.00. The smallest absolute Gasteiger partial charge is 0.274 e. The third kappa shape index (κ3) is 4.76. The minimum atomic E-state index is -0.422. The van der Waals surface area contributed by atoms with Gasteiger partial charge in [0.2, 0.25) is 0 Å². The Hall–Kier alpha value is -3.37. The normalized spacial score (nSPS) is 13.8. The lowest BCUT2D eigenvalue weighted by atomic mass is 10.2. The number of amides is 2. The first-order valence-electron chi connectivity index (χ1n) is 10.2. The number of morpholine rings is 1. The van der Waals surface area contributed by atoms with Crippen molar-refractivity contribution in [2.75, 3.05) is 31.6 Å². The number of nitrogens with one attached hydrogen (secondary N) is 1. The van der Waals surface area contributed by atoms with E-state index in [0.717, 1.165) is 0 Å². The fourth-order valence-electron chi connectivity index (χ4n) is 3.34. The summed E-state index contributed by atoms with van der Waals surface area (Å²) in [6.45, 7) is 4.38. The van der Waals surface area contributed by atoms with E-state index in [4.69, 9.17) is 21.1 Å². The van der Waals surface area contributed by atoms with Crippen LogP contribution in [0.1, 0.15) is 27.9 Å². The van der Waals surface area contributed by atoms with Crippen molar-refractivity contribution in [2.24, 2.45) is 0 Å². The molecule has 3 aromatic rings. The second kappa shape index (κ2) is 9.84. The average Bonchev–Trinajstić information content (AvgIpc) is 3.45. The molecular formula is C21H23ClN6O4. The molecule has 2 amide bonds. The summed E-state index contributed by atoms with van der Waals surface area (Å²) in [5, 5.41) is 11.8. The summed E-state index contributed by atoms with van der Waals surface area (Å²) in [4.78, 5) is 27.8. The second-order valence-corrected chi connectivity index (χ2v) is 7.46. The lowest BCUT2D eigenvalue weighted by Gasteiger charge is -2.27. The molecule has 0 atom stereocenters. The van der Waals surface area contributed by atoms with E-state index < -0.39 is 5.91 Å². The van der Waals surface area contributed by atoms with Crippen LogP contribution in [0.3, 0.4) is 0 Å². The number of halogens is 1.